The number of esters is 1. The van der Waals surface area contributed by atoms with E-state index in [1.54, 1.807) is 26.2 Å². The van der Waals surface area contributed by atoms with Crippen LogP contribution in [0, 0.1) is 6.92 Å². The molecular weight excluding hydrogens is 344 g/mol. The molecule has 0 aliphatic heterocycles. The lowest BCUT2D eigenvalue weighted by Crippen LogP contribution is -2.59. The highest BCUT2D eigenvalue weighted by molar-refractivity contribution is 6.03. The Morgan fingerprint density at radius 2 is 1.67 bits per heavy atom. The van der Waals surface area contributed by atoms with E-state index >= 15 is 0 Å². The zero-order valence-electron chi connectivity index (χ0n) is 17.8. The second kappa shape index (κ2) is 10.3. The fourth-order valence-corrected chi connectivity index (χ4v) is 3.77. The number of rotatable bonds is 10. The largest absolute Gasteiger partial charge is 0.497 e. The van der Waals surface area contributed by atoms with Crippen LogP contribution in [0.15, 0.2) is 12.1 Å². The van der Waals surface area contributed by atoms with Crippen molar-refractivity contribution in [3.05, 3.63) is 23.3 Å². The number of amides is 1. The molecule has 0 saturated carbocycles. The maximum Gasteiger partial charge on any atom is 0.340 e. The van der Waals surface area contributed by atoms with E-state index < -0.39 is 5.97 Å². The summed E-state index contributed by atoms with van der Waals surface area (Å²) in [6.45, 7) is 14.9. The quantitative estimate of drug-likeness (QED) is 0.496. The van der Waals surface area contributed by atoms with Crippen LogP contribution in [0.1, 0.15) is 57.0 Å². The van der Waals surface area contributed by atoms with E-state index in [-0.39, 0.29) is 18.6 Å². The van der Waals surface area contributed by atoms with Gasteiger partial charge in [-0.2, -0.15) is 0 Å². The minimum atomic E-state index is -0.468. The summed E-state index contributed by atoms with van der Waals surface area (Å²) in [5.74, 6) is 0.0216. The molecular formula is C21H35N2O4+. The lowest BCUT2D eigenvalue weighted by Gasteiger charge is -2.41. The van der Waals surface area contributed by atoms with Gasteiger partial charge in [0.1, 0.15) is 5.75 Å². The van der Waals surface area contributed by atoms with Gasteiger partial charge in [-0.15, -0.1) is 0 Å². The molecule has 0 spiro atoms. The third-order valence-corrected chi connectivity index (χ3v) is 5.53. The maximum atomic E-state index is 13.2. The number of methoxy groups -OCH3 is 1. The average Bonchev–Trinajstić information content (AvgIpc) is 2.67. The molecule has 1 amide bonds. The van der Waals surface area contributed by atoms with Crippen LogP contribution in [0.5, 0.6) is 5.75 Å². The molecule has 0 bridgehead atoms. The molecule has 152 valence electrons. The Kier molecular flexibility index (Phi) is 8.76. The number of aryl methyl sites for hydroxylation is 1. The Morgan fingerprint density at radius 1 is 1.07 bits per heavy atom. The molecule has 1 atom stereocenters. The molecule has 0 aromatic heterocycles. The molecule has 1 aromatic rings. The first kappa shape index (κ1) is 23.0. The van der Waals surface area contributed by atoms with Gasteiger partial charge in [-0.05, 0) is 52.3 Å². The number of hydrogen-bond donors (Lipinski definition) is 1. The Labute approximate surface area is 163 Å². The number of nitrogens with zero attached hydrogens (tertiary/aromatic N) is 1. The SMILES string of the molecule is CCOC(=O)c1cc(OC)cc(C)c1NC(=O)C(CC)[N+](CC)(CC)CC. The number of likely N-dealkylation sites (N-methyl/N-ethyl adjacent to an activating group) is 1. The van der Waals surface area contributed by atoms with Gasteiger partial charge in [0.2, 0.25) is 0 Å². The molecule has 0 aliphatic rings. The van der Waals surface area contributed by atoms with Crippen LogP contribution < -0.4 is 10.1 Å². The van der Waals surface area contributed by atoms with E-state index in [1.165, 1.54) is 0 Å². The number of carbonyl (C=O) groups is 2. The molecule has 0 fully saturated rings. The smallest absolute Gasteiger partial charge is 0.340 e. The van der Waals surface area contributed by atoms with E-state index in [2.05, 4.69) is 26.1 Å². The van der Waals surface area contributed by atoms with Crippen molar-refractivity contribution >= 4 is 17.6 Å². The van der Waals surface area contributed by atoms with Crippen molar-refractivity contribution in [3.8, 4) is 5.75 Å². The monoisotopic (exact) mass is 379 g/mol. The summed E-state index contributed by atoms with van der Waals surface area (Å²) in [7, 11) is 1.55. The van der Waals surface area contributed by atoms with E-state index in [0.717, 1.165) is 31.6 Å². The van der Waals surface area contributed by atoms with Gasteiger partial charge in [0, 0.05) is 6.42 Å². The van der Waals surface area contributed by atoms with E-state index in [0.29, 0.717) is 21.5 Å². The average molecular weight is 380 g/mol. The Morgan fingerprint density at radius 3 is 2.11 bits per heavy atom. The predicted octanol–water partition coefficient (Wildman–Crippen LogP) is 3.77. The molecule has 1 rings (SSSR count). The Balaban J connectivity index is 3.33. The minimum Gasteiger partial charge on any atom is -0.497 e. The van der Waals surface area contributed by atoms with Crippen LogP contribution in [0.3, 0.4) is 0 Å². The van der Waals surface area contributed by atoms with Crippen LogP contribution >= 0.6 is 0 Å². The number of nitrogens with one attached hydrogen (secondary N) is 1. The van der Waals surface area contributed by atoms with Gasteiger partial charge in [0.25, 0.3) is 5.91 Å². The molecule has 0 heterocycles. The van der Waals surface area contributed by atoms with Crippen LogP contribution in [0.4, 0.5) is 5.69 Å². The lowest BCUT2D eigenvalue weighted by atomic mass is 10.0. The Bertz CT molecular complexity index is 646. The fraction of sp³-hybridized carbons (Fsp3) is 0.619. The van der Waals surface area contributed by atoms with Gasteiger partial charge in [-0.3, -0.25) is 4.79 Å². The van der Waals surface area contributed by atoms with Crippen molar-refractivity contribution in [2.24, 2.45) is 0 Å². The molecule has 0 saturated heterocycles. The summed E-state index contributed by atoms with van der Waals surface area (Å²) < 4.78 is 11.2. The van der Waals surface area contributed by atoms with Gasteiger partial charge in [-0.1, -0.05) is 6.92 Å². The van der Waals surface area contributed by atoms with E-state index in [1.807, 2.05) is 13.8 Å². The molecule has 6 nitrogen and oxygen atoms in total. The van der Waals surface area contributed by atoms with Crippen molar-refractivity contribution in [2.75, 3.05) is 38.7 Å². The second-order valence-electron chi connectivity index (χ2n) is 6.67. The van der Waals surface area contributed by atoms with Crippen LogP contribution in [0.2, 0.25) is 0 Å². The lowest BCUT2D eigenvalue weighted by molar-refractivity contribution is -0.938. The van der Waals surface area contributed by atoms with Gasteiger partial charge in [0.05, 0.1) is 44.6 Å². The van der Waals surface area contributed by atoms with Crippen molar-refractivity contribution in [2.45, 2.75) is 54.0 Å². The fourth-order valence-electron chi connectivity index (χ4n) is 3.77. The molecule has 1 N–H and O–H groups in total. The Hall–Kier alpha value is -2.08. The summed E-state index contributed by atoms with van der Waals surface area (Å²) in [5.41, 5.74) is 1.59. The number of quaternary nitrogens is 1. The first-order valence-electron chi connectivity index (χ1n) is 9.86. The molecule has 0 radical (unpaired) electrons. The standard InChI is InChI=1S/C21H34N2O4/c1-8-18(23(9-2,10-3)11-4)20(24)22-19-15(6)13-16(26-7)14-17(19)21(25)27-12-5/h13-14,18H,8-12H2,1-7H3/p+1. The first-order valence-corrected chi connectivity index (χ1v) is 9.86. The third-order valence-electron chi connectivity index (χ3n) is 5.53. The van der Waals surface area contributed by atoms with Crippen molar-refractivity contribution in [3.63, 3.8) is 0 Å². The number of hydrogen-bond acceptors (Lipinski definition) is 4. The number of benzene rings is 1. The molecule has 1 aromatic carbocycles. The van der Waals surface area contributed by atoms with E-state index in [9.17, 15) is 9.59 Å². The predicted molar refractivity (Wildman–Crippen MR) is 108 cm³/mol. The summed E-state index contributed by atoms with van der Waals surface area (Å²) in [5, 5.41) is 3.02. The van der Waals surface area contributed by atoms with Gasteiger partial charge < -0.3 is 19.3 Å². The first-order chi connectivity index (χ1) is 12.8. The highest BCUT2D eigenvalue weighted by atomic mass is 16.5. The second-order valence-corrected chi connectivity index (χ2v) is 6.67. The third kappa shape index (κ3) is 5.01. The maximum absolute atomic E-state index is 13.2. The van der Waals surface area contributed by atoms with Crippen molar-refractivity contribution < 1.29 is 23.5 Å². The zero-order chi connectivity index (χ0) is 20.6. The minimum absolute atomic E-state index is 0.0677. The molecule has 27 heavy (non-hydrogen) atoms. The van der Waals surface area contributed by atoms with Gasteiger partial charge >= 0.3 is 5.97 Å². The van der Waals surface area contributed by atoms with Crippen molar-refractivity contribution in [1.29, 1.82) is 0 Å². The zero-order valence-corrected chi connectivity index (χ0v) is 17.8. The molecule has 0 aliphatic carbocycles. The normalized spacial score (nSPS) is 12.4. The van der Waals surface area contributed by atoms with Crippen LogP contribution in [0.25, 0.3) is 0 Å². The van der Waals surface area contributed by atoms with Crippen molar-refractivity contribution in [1.82, 2.24) is 0 Å². The molecule has 1 unspecified atom stereocenters. The molecule has 6 heteroatoms. The van der Waals surface area contributed by atoms with E-state index in [4.69, 9.17) is 9.47 Å². The number of anilines is 1. The topological polar surface area (TPSA) is 64.6 Å². The summed E-state index contributed by atoms with van der Waals surface area (Å²) in [6.07, 6.45) is 0.727. The number of carbonyl (C=O) groups excluding carboxylic acids is 2. The van der Waals surface area contributed by atoms with Crippen LogP contribution in [-0.2, 0) is 9.53 Å². The van der Waals surface area contributed by atoms with Gasteiger partial charge in [0.15, 0.2) is 6.04 Å². The van der Waals surface area contributed by atoms with Gasteiger partial charge in [-0.25, -0.2) is 4.79 Å². The summed E-state index contributed by atoms with van der Waals surface area (Å²) >= 11 is 0. The highest BCUT2D eigenvalue weighted by Crippen LogP contribution is 2.29. The summed E-state index contributed by atoms with van der Waals surface area (Å²) in [6, 6.07) is 3.24. The van der Waals surface area contributed by atoms with Crippen LogP contribution in [-0.4, -0.2) is 55.8 Å². The number of ether oxygens (including phenoxy) is 2. The highest BCUT2D eigenvalue weighted by Gasteiger charge is 2.37. The summed E-state index contributed by atoms with van der Waals surface area (Å²) in [4.78, 5) is 25.6.